The molecule has 0 radical (unpaired) electrons. The molecule has 0 unspecified atom stereocenters. The molecule has 16 heavy (non-hydrogen) atoms. The molecule has 0 bridgehead atoms. The summed E-state index contributed by atoms with van der Waals surface area (Å²) in [6.07, 6.45) is 4.90. The highest BCUT2D eigenvalue weighted by atomic mass is 15.1. The van der Waals surface area contributed by atoms with Crippen LogP contribution in [0.1, 0.15) is 32.3 Å². The van der Waals surface area contributed by atoms with E-state index < -0.39 is 0 Å². The van der Waals surface area contributed by atoms with Crippen molar-refractivity contribution in [2.75, 3.05) is 13.1 Å². The van der Waals surface area contributed by atoms with Crippen molar-refractivity contribution in [3.05, 3.63) is 42.0 Å². The third-order valence-corrected chi connectivity index (χ3v) is 3.34. The highest BCUT2D eigenvalue weighted by Crippen LogP contribution is 2.22. The summed E-state index contributed by atoms with van der Waals surface area (Å²) in [5, 5.41) is 0. The molecule has 86 valence electrons. The van der Waals surface area contributed by atoms with Crippen LogP contribution in [0.5, 0.6) is 0 Å². The summed E-state index contributed by atoms with van der Waals surface area (Å²) in [7, 11) is 0. The van der Waals surface area contributed by atoms with E-state index in [0.717, 1.165) is 6.54 Å². The van der Waals surface area contributed by atoms with Gasteiger partial charge in [0.25, 0.3) is 0 Å². The van der Waals surface area contributed by atoms with E-state index in [0.29, 0.717) is 6.04 Å². The lowest BCUT2D eigenvalue weighted by Crippen LogP contribution is -2.31. The number of hydrogen-bond donors (Lipinski definition) is 0. The molecule has 1 aromatic carbocycles. The molecule has 0 aromatic heterocycles. The number of benzene rings is 1. The summed E-state index contributed by atoms with van der Waals surface area (Å²) < 4.78 is 0. The lowest BCUT2D eigenvalue weighted by Gasteiger charge is -2.23. The average Bonchev–Trinajstić information content (AvgIpc) is 2.55. The molecule has 1 heterocycles. The lowest BCUT2D eigenvalue weighted by molar-refractivity contribution is 0.248. The van der Waals surface area contributed by atoms with E-state index in [9.17, 15) is 0 Å². The summed E-state index contributed by atoms with van der Waals surface area (Å²) in [4.78, 5) is 2.54. The van der Waals surface area contributed by atoms with Gasteiger partial charge in [0.05, 0.1) is 0 Å². The van der Waals surface area contributed by atoms with Gasteiger partial charge in [-0.05, 0) is 44.4 Å². The predicted octanol–water partition coefficient (Wildman–Crippen LogP) is 3.57. The average molecular weight is 215 g/mol. The SMILES string of the molecule is CC(C)N1CC=C(c2ccccc2)CCC1. The monoisotopic (exact) mass is 215 g/mol. The second-order valence-corrected chi connectivity index (χ2v) is 4.79. The molecule has 0 fully saturated rings. The summed E-state index contributed by atoms with van der Waals surface area (Å²) in [5.41, 5.74) is 2.91. The van der Waals surface area contributed by atoms with Gasteiger partial charge in [-0.3, -0.25) is 4.90 Å². The third kappa shape index (κ3) is 2.73. The quantitative estimate of drug-likeness (QED) is 0.729. The first-order valence-corrected chi connectivity index (χ1v) is 6.26. The Kier molecular flexibility index (Phi) is 3.79. The minimum atomic E-state index is 0.659. The minimum Gasteiger partial charge on any atom is -0.297 e. The van der Waals surface area contributed by atoms with Crippen LogP contribution in [0.2, 0.25) is 0 Å². The van der Waals surface area contributed by atoms with Crippen molar-refractivity contribution in [2.45, 2.75) is 32.7 Å². The van der Waals surface area contributed by atoms with Crippen molar-refractivity contribution in [2.24, 2.45) is 0 Å². The summed E-state index contributed by atoms with van der Waals surface area (Å²) in [6, 6.07) is 11.4. The first kappa shape index (κ1) is 11.4. The Hall–Kier alpha value is -1.08. The van der Waals surface area contributed by atoms with Gasteiger partial charge in [-0.25, -0.2) is 0 Å². The Morgan fingerprint density at radius 1 is 1.12 bits per heavy atom. The largest absolute Gasteiger partial charge is 0.297 e. The van der Waals surface area contributed by atoms with Crippen LogP contribution < -0.4 is 0 Å². The van der Waals surface area contributed by atoms with Crippen molar-refractivity contribution in [1.29, 1.82) is 0 Å². The normalized spacial score (nSPS) is 18.3. The van der Waals surface area contributed by atoms with Gasteiger partial charge in [0.1, 0.15) is 0 Å². The van der Waals surface area contributed by atoms with E-state index >= 15 is 0 Å². The van der Waals surface area contributed by atoms with Crippen molar-refractivity contribution in [1.82, 2.24) is 4.90 Å². The van der Waals surface area contributed by atoms with Crippen LogP contribution in [-0.4, -0.2) is 24.0 Å². The molecule has 0 spiro atoms. The Morgan fingerprint density at radius 3 is 2.56 bits per heavy atom. The van der Waals surface area contributed by atoms with Gasteiger partial charge in [0.15, 0.2) is 0 Å². The van der Waals surface area contributed by atoms with Crippen LogP contribution in [-0.2, 0) is 0 Å². The highest BCUT2D eigenvalue weighted by Gasteiger charge is 2.12. The lowest BCUT2D eigenvalue weighted by atomic mass is 10.0. The number of allylic oxidation sites excluding steroid dienone is 1. The molecule has 1 aromatic rings. The zero-order valence-corrected chi connectivity index (χ0v) is 10.3. The van der Waals surface area contributed by atoms with Crippen LogP contribution in [0, 0.1) is 0 Å². The summed E-state index contributed by atoms with van der Waals surface area (Å²) in [5.74, 6) is 0. The van der Waals surface area contributed by atoms with E-state index in [4.69, 9.17) is 0 Å². The molecule has 1 aliphatic rings. The first-order valence-electron chi connectivity index (χ1n) is 6.26. The molecule has 1 aliphatic heterocycles. The number of hydrogen-bond acceptors (Lipinski definition) is 1. The molecule has 0 atom stereocenters. The van der Waals surface area contributed by atoms with Gasteiger partial charge >= 0.3 is 0 Å². The van der Waals surface area contributed by atoms with Crippen molar-refractivity contribution >= 4 is 5.57 Å². The van der Waals surface area contributed by atoms with Crippen LogP contribution in [0.25, 0.3) is 5.57 Å². The van der Waals surface area contributed by atoms with Gasteiger partial charge in [-0.2, -0.15) is 0 Å². The maximum atomic E-state index is 2.54. The van der Waals surface area contributed by atoms with Gasteiger partial charge in [-0.15, -0.1) is 0 Å². The zero-order valence-electron chi connectivity index (χ0n) is 10.3. The third-order valence-electron chi connectivity index (χ3n) is 3.34. The standard InChI is InChI=1S/C15H21N/c1-13(2)16-11-6-9-15(10-12-16)14-7-4-3-5-8-14/h3-5,7-8,10,13H,6,9,11-12H2,1-2H3. The van der Waals surface area contributed by atoms with Crippen LogP contribution >= 0.6 is 0 Å². The summed E-state index contributed by atoms with van der Waals surface area (Å²) >= 11 is 0. The van der Waals surface area contributed by atoms with E-state index in [1.165, 1.54) is 30.5 Å². The molecule has 0 aliphatic carbocycles. The van der Waals surface area contributed by atoms with E-state index in [1.807, 2.05) is 0 Å². The van der Waals surface area contributed by atoms with Gasteiger partial charge in [0.2, 0.25) is 0 Å². The highest BCUT2D eigenvalue weighted by molar-refractivity contribution is 5.65. The van der Waals surface area contributed by atoms with Crippen molar-refractivity contribution in [3.8, 4) is 0 Å². The van der Waals surface area contributed by atoms with E-state index in [-0.39, 0.29) is 0 Å². The fourth-order valence-electron chi connectivity index (χ4n) is 2.28. The van der Waals surface area contributed by atoms with Gasteiger partial charge < -0.3 is 0 Å². The second kappa shape index (κ2) is 5.31. The van der Waals surface area contributed by atoms with E-state index in [2.05, 4.69) is 55.2 Å². The Bertz CT molecular complexity index is 351. The maximum Gasteiger partial charge on any atom is 0.0171 e. The van der Waals surface area contributed by atoms with Crippen molar-refractivity contribution < 1.29 is 0 Å². The van der Waals surface area contributed by atoms with Gasteiger partial charge in [0, 0.05) is 12.6 Å². The fourth-order valence-corrected chi connectivity index (χ4v) is 2.28. The molecular weight excluding hydrogens is 194 g/mol. The van der Waals surface area contributed by atoms with E-state index in [1.54, 1.807) is 0 Å². The fraction of sp³-hybridized carbons (Fsp3) is 0.467. The molecule has 2 rings (SSSR count). The Morgan fingerprint density at radius 2 is 1.88 bits per heavy atom. The van der Waals surface area contributed by atoms with Gasteiger partial charge in [-0.1, -0.05) is 36.4 Å². The Labute approximate surface area is 98.8 Å². The first-order chi connectivity index (χ1) is 7.77. The molecule has 0 saturated carbocycles. The van der Waals surface area contributed by atoms with Crippen LogP contribution in [0.3, 0.4) is 0 Å². The topological polar surface area (TPSA) is 3.24 Å². The zero-order chi connectivity index (χ0) is 11.4. The molecule has 1 nitrogen and oxygen atoms in total. The number of rotatable bonds is 2. The molecule has 1 heteroatoms. The maximum absolute atomic E-state index is 2.54. The van der Waals surface area contributed by atoms with Crippen molar-refractivity contribution in [3.63, 3.8) is 0 Å². The smallest absolute Gasteiger partial charge is 0.0171 e. The Balaban J connectivity index is 2.12. The molecule has 0 N–H and O–H groups in total. The number of nitrogens with zero attached hydrogens (tertiary/aromatic N) is 1. The van der Waals surface area contributed by atoms with Crippen LogP contribution in [0.4, 0.5) is 0 Å². The molecule has 0 saturated heterocycles. The summed E-state index contributed by atoms with van der Waals surface area (Å²) in [6.45, 7) is 6.88. The predicted molar refractivity (Wildman–Crippen MR) is 70.4 cm³/mol. The minimum absolute atomic E-state index is 0.659. The molecule has 0 amide bonds. The second-order valence-electron chi connectivity index (χ2n) is 4.79. The van der Waals surface area contributed by atoms with Crippen LogP contribution in [0.15, 0.2) is 36.4 Å². The molecular formula is C15H21N.